The number of quaternary nitrogens is 1. The number of alkyl halides is 1. The molecule has 26 heavy (non-hydrogen) atoms. The van der Waals surface area contributed by atoms with Gasteiger partial charge in [0.05, 0.1) is 18.2 Å². The van der Waals surface area contributed by atoms with Crippen LogP contribution in [0.5, 0.6) is 0 Å². The number of nitrogens with zero attached hydrogens (tertiary/aromatic N) is 1. The number of amides is 3. The second kappa shape index (κ2) is 7.09. The van der Waals surface area contributed by atoms with E-state index in [4.69, 9.17) is 9.47 Å². The van der Waals surface area contributed by atoms with Crippen LogP contribution in [-0.4, -0.2) is 47.9 Å². The lowest BCUT2D eigenvalue weighted by Gasteiger charge is -2.36. The Hall–Kier alpha value is -3.00. The quantitative estimate of drug-likeness (QED) is 0.644. The molecular formula is C18H18FN2O5+. The fraction of sp³-hybridized carbons (Fsp3) is 0.278. The van der Waals surface area contributed by atoms with Crippen LogP contribution in [0.1, 0.15) is 16.8 Å². The van der Waals surface area contributed by atoms with Gasteiger partial charge in [-0.2, -0.15) is 4.48 Å². The monoisotopic (exact) mass is 361 g/mol. The zero-order valence-electron chi connectivity index (χ0n) is 13.9. The minimum absolute atomic E-state index is 0.0451. The summed E-state index contributed by atoms with van der Waals surface area (Å²) in [5.74, 6) is -1.31. The van der Waals surface area contributed by atoms with E-state index < -0.39 is 30.2 Å². The number of carbonyl (C=O) groups excluding carboxylic acids is 3. The molecule has 2 unspecified atom stereocenters. The minimum Gasteiger partial charge on any atom is -0.447 e. The molecule has 7 nitrogen and oxygen atoms in total. The molecule has 1 aromatic carbocycles. The fourth-order valence-electron chi connectivity index (χ4n) is 2.76. The summed E-state index contributed by atoms with van der Waals surface area (Å²) in [6.07, 6.45) is -0.390. The number of carbonyl (C=O) groups is 3. The van der Waals surface area contributed by atoms with Gasteiger partial charge in [-0.15, -0.1) is 0 Å². The zero-order chi connectivity index (χ0) is 18.7. The van der Waals surface area contributed by atoms with Gasteiger partial charge in [0.15, 0.2) is 6.10 Å². The molecule has 1 N–H and O–H groups in total. The second-order valence-corrected chi connectivity index (χ2v) is 6.10. The van der Waals surface area contributed by atoms with E-state index in [1.165, 1.54) is 12.3 Å². The van der Waals surface area contributed by atoms with Crippen molar-refractivity contribution in [2.24, 2.45) is 0 Å². The van der Waals surface area contributed by atoms with Crippen LogP contribution < -0.4 is 5.32 Å². The number of urea groups is 1. The van der Waals surface area contributed by atoms with Crippen molar-refractivity contribution in [3.8, 4) is 0 Å². The van der Waals surface area contributed by atoms with Crippen LogP contribution in [0.4, 0.5) is 9.18 Å². The Morgan fingerprint density at radius 3 is 2.73 bits per heavy atom. The van der Waals surface area contributed by atoms with E-state index in [1.807, 2.05) is 0 Å². The Morgan fingerprint density at radius 2 is 2.04 bits per heavy atom. The maximum Gasteiger partial charge on any atom is 0.430 e. The Kier molecular flexibility index (Phi) is 4.85. The molecule has 0 saturated carbocycles. The van der Waals surface area contributed by atoms with Crippen molar-refractivity contribution in [2.75, 3.05) is 13.3 Å². The SMILES string of the molecule is C=C1OC[N+]2(C=CC(=O)NC2=O)CCC(F)[C@@H]1OC(=O)c1ccccc1. The van der Waals surface area contributed by atoms with Crippen LogP contribution in [0.3, 0.4) is 0 Å². The van der Waals surface area contributed by atoms with Gasteiger partial charge in [0.25, 0.3) is 5.91 Å². The molecule has 2 aliphatic rings. The molecule has 2 aliphatic heterocycles. The molecule has 1 aromatic rings. The van der Waals surface area contributed by atoms with Gasteiger partial charge in [-0.3, -0.25) is 4.79 Å². The molecule has 2 heterocycles. The highest BCUT2D eigenvalue weighted by molar-refractivity contribution is 6.00. The van der Waals surface area contributed by atoms with Crippen molar-refractivity contribution >= 4 is 17.9 Å². The number of esters is 1. The lowest BCUT2D eigenvalue weighted by Crippen LogP contribution is -2.60. The number of halogens is 1. The average molecular weight is 361 g/mol. The van der Waals surface area contributed by atoms with Crippen molar-refractivity contribution < 1.29 is 32.7 Å². The average Bonchev–Trinajstić information content (AvgIpc) is 2.64. The van der Waals surface area contributed by atoms with Crippen molar-refractivity contribution in [2.45, 2.75) is 18.7 Å². The zero-order valence-corrected chi connectivity index (χ0v) is 13.9. The normalized spacial score (nSPS) is 28.7. The lowest BCUT2D eigenvalue weighted by atomic mass is 10.1. The van der Waals surface area contributed by atoms with Crippen LogP contribution >= 0.6 is 0 Å². The molecular weight excluding hydrogens is 343 g/mol. The summed E-state index contributed by atoms with van der Waals surface area (Å²) in [7, 11) is 0. The van der Waals surface area contributed by atoms with E-state index in [2.05, 4.69) is 11.9 Å². The Bertz CT molecular complexity index is 779. The topological polar surface area (TPSA) is 81.7 Å². The Labute approximate surface area is 149 Å². The highest BCUT2D eigenvalue weighted by Crippen LogP contribution is 2.26. The van der Waals surface area contributed by atoms with Gasteiger partial charge < -0.3 is 9.47 Å². The molecule has 8 heteroatoms. The van der Waals surface area contributed by atoms with E-state index >= 15 is 0 Å². The third-order valence-corrected chi connectivity index (χ3v) is 4.32. The first-order valence-corrected chi connectivity index (χ1v) is 8.04. The molecule has 0 aliphatic carbocycles. The Morgan fingerprint density at radius 1 is 1.31 bits per heavy atom. The third-order valence-electron chi connectivity index (χ3n) is 4.32. The number of benzene rings is 1. The summed E-state index contributed by atoms with van der Waals surface area (Å²) in [6.45, 7) is 3.51. The van der Waals surface area contributed by atoms with E-state index in [1.54, 1.807) is 30.3 Å². The lowest BCUT2D eigenvalue weighted by molar-refractivity contribution is -0.822. The molecule has 1 spiro atoms. The van der Waals surface area contributed by atoms with Gasteiger partial charge in [-0.05, 0) is 12.1 Å². The predicted molar refractivity (Wildman–Crippen MR) is 88.1 cm³/mol. The number of hydrogen-bond acceptors (Lipinski definition) is 5. The molecule has 3 amide bonds. The number of imide groups is 1. The molecule has 3 rings (SSSR count). The maximum atomic E-state index is 14.7. The molecule has 0 bridgehead atoms. The predicted octanol–water partition coefficient (Wildman–Crippen LogP) is 2.02. The van der Waals surface area contributed by atoms with Crippen LogP contribution in [-0.2, 0) is 14.3 Å². The third kappa shape index (κ3) is 3.50. The second-order valence-electron chi connectivity index (χ2n) is 6.10. The van der Waals surface area contributed by atoms with E-state index in [0.717, 1.165) is 0 Å². The van der Waals surface area contributed by atoms with Crippen LogP contribution in [0.25, 0.3) is 0 Å². The first-order valence-electron chi connectivity index (χ1n) is 8.04. The van der Waals surface area contributed by atoms with Crippen molar-refractivity contribution in [3.63, 3.8) is 0 Å². The van der Waals surface area contributed by atoms with Crippen LogP contribution in [0.2, 0.25) is 0 Å². The van der Waals surface area contributed by atoms with Gasteiger partial charge in [0, 0.05) is 6.42 Å². The highest BCUT2D eigenvalue weighted by atomic mass is 19.1. The van der Waals surface area contributed by atoms with Gasteiger partial charge in [0.1, 0.15) is 18.1 Å². The smallest absolute Gasteiger partial charge is 0.430 e. The Balaban J connectivity index is 1.74. The van der Waals surface area contributed by atoms with E-state index in [9.17, 15) is 18.8 Å². The van der Waals surface area contributed by atoms with Crippen molar-refractivity contribution in [1.82, 2.24) is 5.32 Å². The number of hydrogen-bond donors (Lipinski definition) is 1. The molecule has 1 fully saturated rings. The summed E-state index contributed by atoms with van der Waals surface area (Å²) in [5, 5.41) is 2.17. The first kappa shape index (κ1) is 17.8. The van der Waals surface area contributed by atoms with Gasteiger partial charge in [-0.1, -0.05) is 24.8 Å². The number of rotatable bonds is 2. The molecule has 1 saturated heterocycles. The van der Waals surface area contributed by atoms with Crippen LogP contribution in [0, 0.1) is 0 Å². The van der Waals surface area contributed by atoms with E-state index in [-0.39, 0.29) is 35.5 Å². The summed E-state index contributed by atoms with van der Waals surface area (Å²) in [4.78, 5) is 35.6. The van der Waals surface area contributed by atoms with E-state index in [0.29, 0.717) is 0 Å². The number of ether oxygens (including phenoxy) is 2. The fourth-order valence-corrected chi connectivity index (χ4v) is 2.76. The highest BCUT2D eigenvalue weighted by Gasteiger charge is 2.44. The van der Waals surface area contributed by atoms with Crippen molar-refractivity contribution in [3.05, 3.63) is 60.5 Å². The van der Waals surface area contributed by atoms with Crippen LogP contribution in [0.15, 0.2) is 54.9 Å². The standard InChI is InChI=1S/C18H17FN2O5/c1-12-16(26-17(23)13-5-3-2-4-6-13)14(19)7-9-21(11-25-12)10-8-15(22)20-18(21)24/h2-6,8,10,14,16H,1,7,9,11H2/p+1/t14?,16-,21?/m1/s1. The molecule has 0 aromatic heterocycles. The first-order chi connectivity index (χ1) is 12.4. The number of nitrogens with one attached hydrogen (secondary N) is 1. The maximum absolute atomic E-state index is 14.7. The summed E-state index contributed by atoms with van der Waals surface area (Å²) in [6, 6.07) is 7.60. The molecule has 0 radical (unpaired) electrons. The summed E-state index contributed by atoms with van der Waals surface area (Å²) < 4.78 is 25.0. The van der Waals surface area contributed by atoms with Gasteiger partial charge in [0.2, 0.25) is 6.73 Å². The van der Waals surface area contributed by atoms with Crippen molar-refractivity contribution in [1.29, 1.82) is 0 Å². The molecule has 136 valence electrons. The summed E-state index contributed by atoms with van der Waals surface area (Å²) >= 11 is 0. The van der Waals surface area contributed by atoms with Gasteiger partial charge >= 0.3 is 12.0 Å². The minimum atomic E-state index is -1.61. The van der Waals surface area contributed by atoms with Gasteiger partial charge in [-0.25, -0.2) is 19.3 Å². The summed E-state index contributed by atoms with van der Waals surface area (Å²) in [5.41, 5.74) is 0.287. The largest absolute Gasteiger partial charge is 0.447 e. The molecule has 3 atom stereocenters.